The summed E-state index contributed by atoms with van der Waals surface area (Å²) in [5, 5.41) is 5.98. The molecule has 120 valence electrons. The molecule has 6 nitrogen and oxygen atoms in total. The van der Waals surface area contributed by atoms with Crippen LogP contribution in [0.15, 0.2) is 18.2 Å². The number of ether oxygens (including phenoxy) is 1. The first-order valence-corrected chi connectivity index (χ1v) is 7.51. The number of piperidine rings is 1. The average molecular weight is 326 g/mol. The highest BCUT2D eigenvalue weighted by Crippen LogP contribution is 2.23. The van der Waals surface area contributed by atoms with Gasteiger partial charge in [0.05, 0.1) is 23.4 Å². The summed E-state index contributed by atoms with van der Waals surface area (Å²) < 4.78 is 4.65. The van der Waals surface area contributed by atoms with Crippen molar-refractivity contribution in [2.24, 2.45) is 0 Å². The number of esters is 1. The van der Waals surface area contributed by atoms with Gasteiger partial charge in [-0.05, 0) is 51.2 Å². The summed E-state index contributed by atoms with van der Waals surface area (Å²) in [6, 6.07) is 4.44. The topological polar surface area (TPSA) is 70.7 Å². The molecule has 2 rings (SSSR count). The van der Waals surface area contributed by atoms with Gasteiger partial charge in [-0.25, -0.2) is 9.59 Å². The second kappa shape index (κ2) is 7.47. The lowest BCUT2D eigenvalue weighted by molar-refractivity contribution is 0.0600. The molecule has 0 unspecified atom stereocenters. The zero-order valence-corrected chi connectivity index (χ0v) is 13.4. The van der Waals surface area contributed by atoms with Crippen LogP contribution in [0.2, 0.25) is 5.02 Å². The fourth-order valence-electron chi connectivity index (χ4n) is 2.36. The van der Waals surface area contributed by atoms with Gasteiger partial charge in [0.25, 0.3) is 0 Å². The van der Waals surface area contributed by atoms with E-state index >= 15 is 0 Å². The van der Waals surface area contributed by atoms with Gasteiger partial charge in [-0.3, -0.25) is 0 Å². The van der Waals surface area contributed by atoms with Gasteiger partial charge < -0.3 is 20.3 Å². The molecule has 0 atom stereocenters. The molecule has 1 fully saturated rings. The molecule has 1 heterocycles. The van der Waals surface area contributed by atoms with Crippen molar-refractivity contribution in [1.82, 2.24) is 10.2 Å². The van der Waals surface area contributed by atoms with Crippen molar-refractivity contribution in [1.29, 1.82) is 0 Å². The van der Waals surface area contributed by atoms with E-state index in [9.17, 15) is 9.59 Å². The van der Waals surface area contributed by atoms with Crippen LogP contribution in [-0.2, 0) is 4.74 Å². The van der Waals surface area contributed by atoms with Crippen molar-refractivity contribution in [3.63, 3.8) is 0 Å². The fraction of sp³-hybridized carbons (Fsp3) is 0.467. The summed E-state index contributed by atoms with van der Waals surface area (Å²) in [6.45, 7) is 1.92. The molecule has 0 spiro atoms. The molecule has 0 bridgehead atoms. The van der Waals surface area contributed by atoms with E-state index in [1.165, 1.54) is 13.2 Å². The first-order valence-electron chi connectivity index (χ1n) is 7.13. The average Bonchev–Trinajstić information content (AvgIpc) is 2.51. The highest BCUT2D eigenvalue weighted by molar-refractivity contribution is 6.33. The minimum Gasteiger partial charge on any atom is -0.465 e. The van der Waals surface area contributed by atoms with E-state index in [1.807, 2.05) is 0 Å². The number of likely N-dealkylation sites (tertiary alicyclic amines) is 1. The summed E-state index contributed by atoms with van der Waals surface area (Å²) in [5.41, 5.74) is 0.719. The maximum absolute atomic E-state index is 12.1. The van der Waals surface area contributed by atoms with E-state index in [0.717, 1.165) is 25.9 Å². The highest BCUT2D eigenvalue weighted by Gasteiger charge is 2.19. The molecule has 0 aliphatic carbocycles. The van der Waals surface area contributed by atoms with Crippen LogP contribution in [0.4, 0.5) is 10.5 Å². The van der Waals surface area contributed by atoms with Crippen LogP contribution in [0.3, 0.4) is 0 Å². The molecule has 22 heavy (non-hydrogen) atoms. The Labute approximate surface area is 134 Å². The van der Waals surface area contributed by atoms with E-state index in [-0.39, 0.29) is 12.1 Å². The van der Waals surface area contributed by atoms with Crippen molar-refractivity contribution in [3.05, 3.63) is 28.8 Å². The third-order valence-electron chi connectivity index (χ3n) is 3.69. The summed E-state index contributed by atoms with van der Waals surface area (Å²) >= 11 is 6.05. The summed E-state index contributed by atoms with van der Waals surface area (Å²) in [6.07, 6.45) is 1.83. The van der Waals surface area contributed by atoms with E-state index in [0.29, 0.717) is 16.3 Å². The monoisotopic (exact) mass is 325 g/mol. The maximum atomic E-state index is 12.1. The predicted molar refractivity (Wildman–Crippen MR) is 85.5 cm³/mol. The third-order valence-corrected chi connectivity index (χ3v) is 4.02. The smallest absolute Gasteiger partial charge is 0.337 e. The van der Waals surface area contributed by atoms with Gasteiger partial charge in [-0.2, -0.15) is 0 Å². The van der Waals surface area contributed by atoms with E-state index in [2.05, 4.69) is 27.3 Å². The predicted octanol–water partition coefficient (Wildman–Crippen LogP) is 2.34. The van der Waals surface area contributed by atoms with Crippen molar-refractivity contribution in [3.8, 4) is 0 Å². The van der Waals surface area contributed by atoms with Crippen LogP contribution < -0.4 is 10.6 Å². The van der Waals surface area contributed by atoms with Crippen LogP contribution in [0.5, 0.6) is 0 Å². The molecule has 0 saturated carbocycles. The molecule has 0 radical (unpaired) electrons. The van der Waals surface area contributed by atoms with Crippen LogP contribution >= 0.6 is 11.6 Å². The number of hydrogen-bond acceptors (Lipinski definition) is 4. The van der Waals surface area contributed by atoms with Gasteiger partial charge >= 0.3 is 12.0 Å². The number of carbonyl (C=O) groups is 2. The first-order chi connectivity index (χ1) is 10.5. The van der Waals surface area contributed by atoms with Gasteiger partial charge in [0, 0.05) is 6.04 Å². The molecule has 1 aliphatic rings. The Bertz CT molecular complexity index is 557. The molecule has 1 saturated heterocycles. The molecule has 2 amide bonds. The molecule has 7 heteroatoms. The molecule has 1 aromatic rings. The Morgan fingerprint density at radius 3 is 2.64 bits per heavy atom. The van der Waals surface area contributed by atoms with Gasteiger partial charge in [-0.1, -0.05) is 11.6 Å². The highest BCUT2D eigenvalue weighted by atomic mass is 35.5. The number of amides is 2. The lowest BCUT2D eigenvalue weighted by Crippen LogP contribution is -2.44. The zero-order valence-electron chi connectivity index (χ0n) is 12.7. The number of benzene rings is 1. The lowest BCUT2D eigenvalue weighted by atomic mass is 10.1. The Hall–Kier alpha value is -1.79. The van der Waals surface area contributed by atoms with E-state index in [1.54, 1.807) is 12.1 Å². The van der Waals surface area contributed by atoms with E-state index in [4.69, 9.17) is 11.6 Å². The molecule has 2 N–H and O–H groups in total. The minimum atomic E-state index is -0.476. The van der Waals surface area contributed by atoms with Gasteiger partial charge in [0.2, 0.25) is 0 Å². The quantitative estimate of drug-likeness (QED) is 0.837. The molecular weight excluding hydrogens is 306 g/mol. The number of carbonyl (C=O) groups excluding carboxylic acids is 2. The summed E-state index contributed by atoms with van der Waals surface area (Å²) in [4.78, 5) is 25.8. The van der Waals surface area contributed by atoms with Gasteiger partial charge in [-0.15, -0.1) is 0 Å². The standard InChI is InChI=1S/C15H20ClN3O3/c1-19-7-5-11(6-8-19)17-15(21)18-13-9-10(14(20)22-2)3-4-12(13)16/h3-4,9,11H,5-8H2,1-2H3,(H2,17,18,21). The van der Waals surface area contributed by atoms with Crippen molar-refractivity contribution in [2.75, 3.05) is 32.6 Å². The Morgan fingerprint density at radius 1 is 1.32 bits per heavy atom. The second-order valence-corrected chi connectivity index (χ2v) is 5.77. The second-order valence-electron chi connectivity index (χ2n) is 5.36. The Kier molecular flexibility index (Phi) is 5.63. The summed E-state index contributed by atoms with van der Waals surface area (Å²) in [5.74, 6) is -0.476. The molecule has 0 aromatic heterocycles. The van der Waals surface area contributed by atoms with Crippen LogP contribution in [-0.4, -0.2) is 50.2 Å². The van der Waals surface area contributed by atoms with Crippen molar-refractivity contribution in [2.45, 2.75) is 18.9 Å². The largest absolute Gasteiger partial charge is 0.465 e. The fourth-order valence-corrected chi connectivity index (χ4v) is 2.53. The molecule has 1 aliphatic heterocycles. The summed E-state index contributed by atoms with van der Waals surface area (Å²) in [7, 11) is 3.37. The van der Waals surface area contributed by atoms with Crippen LogP contribution in [0.25, 0.3) is 0 Å². The SMILES string of the molecule is COC(=O)c1ccc(Cl)c(NC(=O)NC2CCN(C)CC2)c1. The first kappa shape index (κ1) is 16.6. The van der Waals surface area contributed by atoms with Crippen LogP contribution in [0, 0.1) is 0 Å². The number of urea groups is 1. The number of nitrogens with one attached hydrogen (secondary N) is 2. The van der Waals surface area contributed by atoms with Crippen molar-refractivity contribution < 1.29 is 14.3 Å². The maximum Gasteiger partial charge on any atom is 0.337 e. The molecule has 1 aromatic carbocycles. The van der Waals surface area contributed by atoms with E-state index < -0.39 is 5.97 Å². The Morgan fingerprint density at radius 2 is 2.00 bits per heavy atom. The number of halogens is 1. The number of anilines is 1. The third kappa shape index (κ3) is 4.35. The lowest BCUT2D eigenvalue weighted by Gasteiger charge is -2.29. The molecular formula is C15H20ClN3O3. The van der Waals surface area contributed by atoms with Gasteiger partial charge in [0.15, 0.2) is 0 Å². The van der Waals surface area contributed by atoms with Gasteiger partial charge in [0.1, 0.15) is 0 Å². The normalized spacial score (nSPS) is 16.1. The van der Waals surface area contributed by atoms with Crippen molar-refractivity contribution >= 4 is 29.3 Å². The zero-order chi connectivity index (χ0) is 16.1. The number of methoxy groups -OCH3 is 1. The van der Waals surface area contributed by atoms with Crippen LogP contribution in [0.1, 0.15) is 23.2 Å². The Balaban J connectivity index is 1.97. The number of nitrogens with zero attached hydrogens (tertiary/aromatic N) is 1. The number of hydrogen-bond donors (Lipinski definition) is 2. The minimum absolute atomic E-state index is 0.152. The number of rotatable bonds is 3.